The fourth-order valence-electron chi connectivity index (χ4n) is 1.65. The lowest BCUT2D eigenvalue weighted by Crippen LogP contribution is -2.26. The van der Waals surface area contributed by atoms with Crippen molar-refractivity contribution in [3.63, 3.8) is 0 Å². The van der Waals surface area contributed by atoms with Gasteiger partial charge in [-0.25, -0.2) is 17.5 Å². The zero-order valence-corrected chi connectivity index (χ0v) is 12.1. The number of benzene rings is 1. The molecule has 0 fully saturated rings. The third-order valence-electron chi connectivity index (χ3n) is 2.60. The van der Waals surface area contributed by atoms with Gasteiger partial charge in [0, 0.05) is 19.5 Å². The molecule has 0 saturated heterocycles. The number of hydrogen-bond donors (Lipinski definition) is 2. The Labute approximate surface area is 120 Å². The zero-order chi connectivity index (χ0) is 16.1. The molecule has 0 aliphatic heterocycles. The van der Waals surface area contributed by atoms with Crippen molar-refractivity contribution < 1.29 is 26.0 Å². The third-order valence-corrected chi connectivity index (χ3v) is 4.09. The smallest absolute Gasteiger partial charge is 0.316 e. The highest BCUT2D eigenvalue weighted by molar-refractivity contribution is 7.89. The minimum absolute atomic E-state index is 0.371. The Bertz CT molecular complexity index is 573. The van der Waals surface area contributed by atoms with Gasteiger partial charge >= 0.3 is 6.18 Å². The molecule has 4 nitrogen and oxygen atoms in total. The Kier molecular flexibility index (Phi) is 6.11. The summed E-state index contributed by atoms with van der Waals surface area (Å²) in [7, 11) is -2.50. The van der Waals surface area contributed by atoms with Crippen molar-refractivity contribution in [2.24, 2.45) is 0 Å². The van der Waals surface area contributed by atoms with Gasteiger partial charge in [-0.3, -0.25) is 0 Å². The predicted octanol–water partition coefficient (Wildman–Crippen LogP) is 2.17. The Balaban J connectivity index is 2.70. The van der Waals surface area contributed by atoms with E-state index in [4.69, 9.17) is 0 Å². The molecule has 0 amide bonds. The van der Waals surface area contributed by atoms with Gasteiger partial charge in [0.2, 0.25) is 10.0 Å². The molecule has 0 saturated carbocycles. The van der Waals surface area contributed by atoms with Crippen molar-refractivity contribution in [3.8, 4) is 0 Å². The van der Waals surface area contributed by atoms with Crippen LogP contribution in [0, 0.1) is 5.82 Å². The minimum atomic E-state index is -4.34. The average molecular weight is 328 g/mol. The molecule has 0 bridgehead atoms. The molecule has 0 radical (unpaired) electrons. The highest BCUT2D eigenvalue weighted by Gasteiger charge is 2.26. The summed E-state index contributed by atoms with van der Waals surface area (Å²) in [6.45, 7) is -0.0319. The summed E-state index contributed by atoms with van der Waals surface area (Å²) >= 11 is 0. The first kappa shape index (κ1) is 17.9. The van der Waals surface area contributed by atoms with Gasteiger partial charge < -0.3 is 5.32 Å². The van der Waals surface area contributed by atoms with Gasteiger partial charge in [-0.2, -0.15) is 13.2 Å². The van der Waals surface area contributed by atoms with E-state index in [1.807, 2.05) is 4.72 Å². The number of rotatable bonds is 7. The second kappa shape index (κ2) is 7.19. The summed E-state index contributed by atoms with van der Waals surface area (Å²) in [6, 6.07) is 3.60. The highest BCUT2D eigenvalue weighted by Crippen LogP contribution is 2.21. The van der Waals surface area contributed by atoms with E-state index in [1.54, 1.807) is 7.05 Å². The van der Waals surface area contributed by atoms with Crippen LogP contribution in [-0.2, 0) is 16.6 Å². The van der Waals surface area contributed by atoms with Crippen molar-refractivity contribution in [2.75, 3.05) is 13.6 Å². The fourth-order valence-corrected chi connectivity index (χ4v) is 2.78. The van der Waals surface area contributed by atoms with E-state index in [0.717, 1.165) is 12.1 Å². The quantitative estimate of drug-likeness (QED) is 0.596. The second-order valence-electron chi connectivity index (χ2n) is 4.41. The second-order valence-corrected chi connectivity index (χ2v) is 6.15. The summed E-state index contributed by atoms with van der Waals surface area (Å²) in [4.78, 5) is -0.575. The summed E-state index contributed by atoms with van der Waals surface area (Å²) < 4.78 is 75.1. The van der Waals surface area contributed by atoms with Crippen LogP contribution in [0.25, 0.3) is 0 Å². The van der Waals surface area contributed by atoms with E-state index < -0.39 is 46.3 Å². The third kappa shape index (κ3) is 5.98. The normalized spacial score (nSPS) is 12.6. The lowest BCUT2D eigenvalue weighted by molar-refractivity contribution is -0.135. The summed E-state index contributed by atoms with van der Waals surface area (Å²) in [5, 5.41) is 2.79. The van der Waals surface area contributed by atoms with Gasteiger partial charge in [0.25, 0.3) is 0 Å². The van der Waals surface area contributed by atoms with Gasteiger partial charge in [-0.15, -0.1) is 0 Å². The first-order valence-corrected chi connectivity index (χ1v) is 7.63. The Morgan fingerprint density at radius 2 is 1.90 bits per heavy atom. The van der Waals surface area contributed by atoms with Gasteiger partial charge in [0.05, 0.1) is 0 Å². The molecule has 0 spiro atoms. The van der Waals surface area contributed by atoms with Gasteiger partial charge in [-0.05, 0) is 31.2 Å². The van der Waals surface area contributed by atoms with Crippen molar-refractivity contribution in [1.82, 2.24) is 10.0 Å². The predicted molar refractivity (Wildman–Crippen MR) is 69.6 cm³/mol. The van der Waals surface area contributed by atoms with E-state index in [9.17, 15) is 26.0 Å². The van der Waals surface area contributed by atoms with Gasteiger partial charge in [0.1, 0.15) is 10.7 Å². The number of alkyl halides is 3. The number of halogens is 4. The van der Waals surface area contributed by atoms with Gasteiger partial charge in [0.15, 0.2) is 0 Å². The first-order valence-electron chi connectivity index (χ1n) is 6.15. The number of sulfonamides is 1. The largest absolute Gasteiger partial charge is 0.389 e. The molecule has 1 aromatic rings. The molecule has 0 aliphatic carbocycles. The fraction of sp³-hybridized carbons (Fsp3) is 0.500. The Morgan fingerprint density at radius 3 is 2.43 bits per heavy atom. The van der Waals surface area contributed by atoms with Crippen LogP contribution in [-0.4, -0.2) is 28.2 Å². The molecule has 2 N–H and O–H groups in total. The molecular weight excluding hydrogens is 312 g/mol. The molecule has 1 aromatic carbocycles. The molecule has 0 aliphatic rings. The minimum Gasteiger partial charge on any atom is -0.316 e. The molecule has 0 atom stereocenters. The standard InChI is InChI=1S/C12H16F4N2O2S/c1-17-8-9-3-4-11(10(13)7-9)21(19,20)18-6-2-5-12(14,15)16/h3-4,7,17-18H,2,5-6,8H2,1H3. The topological polar surface area (TPSA) is 58.2 Å². The molecular formula is C12H16F4N2O2S. The van der Waals surface area contributed by atoms with E-state index in [0.29, 0.717) is 12.1 Å². The molecule has 9 heteroatoms. The summed E-state index contributed by atoms with van der Waals surface area (Å²) in [5.74, 6) is -0.939. The van der Waals surface area contributed by atoms with Crippen LogP contribution in [0.4, 0.5) is 17.6 Å². The molecule has 0 aromatic heterocycles. The van der Waals surface area contributed by atoms with E-state index in [2.05, 4.69) is 5.32 Å². The summed E-state index contributed by atoms with van der Waals surface area (Å²) in [6.07, 6.45) is -5.84. The van der Waals surface area contributed by atoms with Crippen LogP contribution >= 0.6 is 0 Å². The maximum absolute atomic E-state index is 13.7. The van der Waals surface area contributed by atoms with E-state index in [1.165, 1.54) is 6.07 Å². The van der Waals surface area contributed by atoms with E-state index in [-0.39, 0.29) is 0 Å². The Hall–Kier alpha value is -1.19. The van der Waals surface area contributed by atoms with Crippen molar-refractivity contribution in [3.05, 3.63) is 29.6 Å². The van der Waals surface area contributed by atoms with Crippen molar-refractivity contribution >= 4 is 10.0 Å². The van der Waals surface area contributed by atoms with Crippen LogP contribution in [0.15, 0.2) is 23.1 Å². The van der Waals surface area contributed by atoms with E-state index >= 15 is 0 Å². The van der Waals surface area contributed by atoms with Crippen LogP contribution in [0.2, 0.25) is 0 Å². The van der Waals surface area contributed by atoms with Crippen LogP contribution in [0.5, 0.6) is 0 Å². The summed E-state index contributed by atoms with van der Waals surface area (Å²) in [5.41, 5.74) is 0.561. The lowest BCUT2D eigenvalue weighted by atomic mass is 10.2. The Morgan fingerprint density at radius 1 is 1.24 bits per heavy atom. The lowest BCUT2D eigenvalue weighted by Gasteiger charge is -2.10. The molecule has 21 heavy (non-hydrogen) atoms. The highest BCUT2D eigenvalue weighted by atomic mass is 32.2. The monoisotopic (exact) mass is 328 g/mol. The van der Waals surface area contributed by atoms with Crippen LogP contribution in [0.3, 0.4) is 0 Å². The zero-order valence-electron chi connectivity index (χ0n) is 11.3. The van der Waals surface area contributed by atoms with Crippen LogP contribution in [0.1, 0.15) is 18.4 Å². The molecule has 120 valence electrons. The SMILES string of the molecule is CNCc1ccc(S(=O)(=O)NCCCC(F)(F)F)c(F)c1. The molecule has 1 rings (SSSR count). The number of hydrogen-bond acceptors (Lipinski definition) is 3. The number of nitrogens with one attached hydrogen (secondary N) is 2. The van der Waals surface area contributed by atoms with Crippen molar-refractivity contribution in [1.29, 1.82) is 0 Å². The maximum Gasteiger partial charge on any atom is 0.389 e. The first-order chi connectivity index (χ1) is 9.65. The van der Waals surface area contributed by atoms with Gasteiger partial charge in [-0.1, -0.05) is 6.07 Å². The maximum atomic E-state index is 13.7. The van der Waals surface area contributed by atoms with Crippen LogP contribution < -0.4 is 10.0 Å². The van der Waals surface area contributed by atoms with Crippen molar-refractivity contribution in [2.45, 2.75) is 30.5 Å². The average Bonchev–Trinajstić information content (AvgIpc) is 2.34. The molecule has 0 unspecified atom stereocenters. The molecule has 0 heterocycles.